The van der Waals surface area contributed by atoms with Crippen LogP contribution in [0.25, 0.3) is 0 Å². The van der Waals surface area contributed by atoms with E-state index >= 15 is 0 Å². The smallest absolute Gasteiger partial charge is 0.335 e. The van der Waals surface area contributed by atoms with Gasteiger partial charge in [0, 0.05) is 0 Å². The molecule has 26 heavy (non-hydrogen) atoms. The number of nitrogens with zero attached hydrogens (tertiary/aromatic N) is 1. The molecular formula is C16H13F3N2O5. The lowest BCUT2D eigenvalue weighted by Crippen LogP contribution is -2.28. The number of carbonyl (C=O) groups excluding carboxylic acids is 1. The summed E-state index contributed by atoms with van der Waals surface area (Å²) >= 11 is 0. The average Bonchev–Trinajstić information content (AvgIpc) is 2.60. The summed E-state index contributed by atoms with van der Waals surface area (Å²) < 4.78 is 41.7. The van der Waals surface area contributed by atoms with Gasteiger partial charge in [-0.05, 0) is 37.3 Å². The van der Waals surface area contributed by atoms with Crippen LogP contribution in [0.5, 0.6) is 0 Å². The lowest BCUT2D eigenvalue weighted by atomic mass is 10.1. The molecule has 0 atom stereocenters. The molecule has 0 heterocycles. The van der Waals surface area contributed by atoms with Crippen LogP contribution in [0.2, 0.25) is 0 Å². The maximum atomic E-state index is 14.1. The number of hydrogen-bond donors (Lipinski definition) is 3. The molecule has 10 heteroatoms. The third-order valence-corrected chi connectivity index (χ3v) is 3.23. The second-order valence-electron chi connectivity index (χ2n) is 4.90. The molecule has 7 nitrogen and oxygen atoms in total. The van der Waals surface area contributed by atoms with E-state index in [1.807, 2.05) is 0 Å². The van der Waals surface area contributed by atoms with Crippen molar-refractivity contribution in [3.63, 3.8) is 0 Å². The Balaban J connectivity index is 2.47. The fourth-order valence-corrected chi connectivity index (χ4v) is 2.02. The Hall–Kier alpha value is -3.11. The minimum atomic E-state index is -1.50. The Kier molecular flexibility index (Phi) is 5.80. The number of rotatable bonds is 6. The molecule has 2 rings (SSSR count). The number of anilines is 2. The molecule has 0 aliphatic rings. The molecule has 0 fully saturated rings. The molecule has 2 aromatic rings. The van der Waals surface area contributed by atoms with Crippen molar-refractivity contribution in [1.29, 1.82) is 0 Å². The molecule has 0 radical (unpaired) electrons. The van der Waals surface area contributed by atoms with Crippen LogP contribution in [0.1, 0.15) is 27.6 Å². The topological polar surface area (TPSA) is 99.1 Å². The normalized spacial score (nSPS) is 10.5. The first-order valence-corrected chi connectivity index (χ1v) is 7.20. The quantitative estimate of drug-likeness (QED) is 0.533. The number of hydrogen-bond acceptors (Lipinski definition) is 5. The number of hydroxylamine groups is 2. The zero-order valence-electron chi connectivity index (χ0n) is 13.3. The zero-order chi connectivity index (χ0) is 19.4. The van der Waals surface area contributed by atoms with E-state index in [0.717, 1.165) is 18.2 Å². The van der Waals surface area contributed by atoms with Gasteiger partial charge >= 0.3 is 11.9 Å². The highest BCUT2D eigenvalue weighted by Crippen LogP contribution is 2.29. The fraction of sp³-hybridized carbons (Fsp3) is 0.125. The van der Waals surface area contributed by atoms with Crippen molar-refractivity contribution in [2.75, 3.05) is 11.9 Å². The van der Waals surface area contributed by atoms with Crippen LogP contribution in [-0.2, 0) is 4.84 Å². The van der Waals surface area contributed by atoms with Gasteiger partial charge in [-0.25, -0.2) is 22.8 Å². The lowest BCUT2D eigenvalue weighted by Gasteiger charge is -2.17. The monoisotopic (exact) mass is 370 g/mol. The first-order chi connectivity index (χ1) is 12.3. The van der Waals surface area contributed by atoms with Crippen molar-refractivity contribution in [1.82, 2.24) is 5.23 Å². The van der Waals surface area contributed by atoms with Crippen molar-refractivity contribution >= 4 is 23.3 Å². The van der Waals surface area contributed by atoms with Gasteiger partial charge in [0.25, 0.3) is 0 Å². The predicted octanol–water partition coefficient (Wildman–Crippen LogP) is 3.33. The highest BCUT2D eigenvalue weighted by atomic mass is 19.2. The van der Waals surface area contributed by atoms with Gasteiger partial charge in [0.15, 0.2) is 11.6 Å². The van der Waals surface area contributed by atoms with Gasteiger partial charge in [0.1, 0.15) is 5.82 Å². The molecule has 0 aliphatic carbocycles. The molecular weight excluding hydrogens is 357 g/mol. The Morgan fingerprint density at radius 1 is 1.15 bits per heavy atom. The number of benzene rings is 2. The van der Waals surface area contributed by atoms with Gasteiger partial charge in [0.2, 0.25) is 0 Å². The van der Waals surface area contributed by atoms with E-state index in [0.29, 0.717) is 12.1 Å². The van der Waals surface area contributed by atoms with Gasteiger partial charge in [-0.2, -0.15) is 0 Å². The van der Waals surface area contributed by atoms with Crippen molar-refractivity contribution in [2.45, 2.75) is 6.92 Å². The number of carboxylic acid groups (broad SMARTS) is 1. The highest BCUT2D eigenvalue weighted by molar-refractivity contribution is 5.99. The molecule has 0 aliphatic heterocycles. The third kappa shape index (κ3) is 3.92. The maximum Gasteiger partial charge on any atom is 0.335 e. The Labute approximate surface area is 145 Å². The summed E-state index contributed by atoms with van der Waals surface area (Å²) in [7, 11) is 0. The Bertz CT molecular complexity index is 860. The van der Waals surface area contributed by atoms with E-state index in [1.54, 1.807) is 0 Å². The lowest BCUT2D eigenvalue weighted by molar-refractivity contribution is -0.294. The largest absolute Gasteiger partial charge is 0.478 e. The van der Waals surface area contributed by atoms with Crippen molar-refractivity contribution in [3.05, 3.63) is 58.9 Å². The second-order valence-corrected chi connectivity index (χ2v) is 4.90. The van der Waals surface area contributed by atoms with E-state index in [9.17, 15) is 28.0 Å². The highest BCUT2D eigenvalue weighted by Gasteiger charge is 2.24. The van der Waals surface area contributed by atoms with Crippen molar-refractivity contribution in [3.8, 4) is 0 Å². The zero-order valence-corrected chi connectivity index (χ0v) is 13.3. The number of carboxylic acids is 1. The number of aromatic carboxylic acids is 1. The molecule has 0 spiro atoms. The summed E-state index contributed by atoms with van der Waals surface area (Å²) in [5, 5.41) is 20.3. The number of halogens is 3. The van der Waals surface area contributed by atoms with E-state index in [1.165, 1.54) is 6.92 Å². The van der Waals surface area contributed by atoms with Crippen LogP contribution in [-0.4, -0.2) is 34.0 Å². The fourth-order valence-electron chi connectivity index (χ4n) is 2.02. The van der Waals surface area contributed by atoms with E-state index in [4.69, 9.17) is 5.11 Å². The summed E-state index contributed by atoms with van der Waals surface area (Å²) in [6.45, 7) is 1.39. The number of amides is 1. The minimum absolute atomic E-state index is 0.0834. The minimum Gasteiger partial charge on any atom is -0.478 e. The standard InChI is InChI=1S/C16H13F3N2O5/c1-2-26-21(25)15(22)9-4-5-10(17)13(19)14(9)20-12-6-3-8(16(23)24)7-11(12)18/h3-7,20,25H,2H2,1H3,(H,23,24). The summed E-state index contributed by atoms with van der Waals surface area (Å²) in [5.41, 5.74) is -2.06. The van der Waals surface area contributed by atoms with Gasteiger partial charge in [-0.15, -0.1) is 0 Å². The first-order valence-electron chi connectivity index (χ1n) is 7.20. The SMILES string of the molecule is CCON(O)C(=O)c1ccc(F)c(F)c1Nc1ccc(C(=O)O)cc1F. The summed E-state index contributed by atoms with van der Waals surface area (Å²) in [5.74, 6) is -6.50. The molecule has 0 unspecified atom stereocenters. The number of nitrogens with one attached hydrogen (secondary N) is 1. The third-order valence-electron chi connectivity index (χ3n) is 3.23. The van der Waals surface area contributed by atoms with Crippen LogP contribution in [0.15, 0.2) is 30.3 Å². The van der Waals surface area contributed by atoms with Gasteiger partial charge in [0.05, 0.1) is 29.1 Å². The summed E-state index contributed by atoms with van der Waals surface area (Å²) in [6.07, 6.45) is 0. The average molecular weight is 370 g/mol. The molecule has 2 aromatic carbocycles. The van der Waals surface area contributed by atoms with E-state index in [2.05, 4.69) is 10.2 Å². The first kappa shape index (κ1) is 19.2. The van der Waals surface area contributed by atoms with Crippen LogP contribution in [0.3, 0.4) is 0 Å². The van der Waals surface area contributed by atoms with Crippen molar-refractivity contribution < 1.29 is 37.9 Å². The van der Waals surface area contributed by atoms with Crippen LogP contribution in [0.4, 0.5) is 24.5 Å². The molecule has 138 valence electrons. The molecule has 3 N–H and O–H groups in total. The molecule has 0 bridgehead atoms. The van der Waals surface area contributed by atoms with Gasteiger partial charge in [-0.3, -0.25) is 10.0 Å². The summed E-state index contributed by atoms with van der Waals surface area (Å²) in [6, 6.07) is 4.20. The molecule has 1 amide bonds. The number of carbonyl (C=O) groups is 2. The van der Waals surface area contributed by atoms with Crippen molar-refractivity contribution in [2.24, 2.45) is 0 Å². The second kappa shape index (κ2) is 7.85. The summed E-state index contributed by atoms with van der Waals surface area (Å²) in [4.78, 5) is 27.5. The van der Waals surface area contributed by atoms with E-state index in [-0.39, 0.29) is 17.4 Å². The molecule has 0 aromatic heterocycles. The van der Waals surface area contributed by atoms with Crippen LogP contribution in [0, 0.1) is 17.5 Å². The van der Waals surface area contributed by atoms with Crippen LogP contribution >= 0.6 is 0 Å². The Morgan fingerprint density at radius 3 is 2.42 bits per heavy atom. The predicted molar refractivity (Wildman–Crippen MR) is 82.6 cm³/mol. The molecule has 0 saturated carbocycles. The maximum absolute atomic E-state index is 14.1. The van der Waals surface area contributed by atoms with Gasteiger partial charge < -0.3 is 10.4 Å². The van der Waals surface area contributed by atoms with Gasteiger partial charge in [-0.1, -0.05) is 5.23 Å². The molecule has 0 saturated heterocycles. The van der Waals surface area contributed by atoms with E-state index < -0.39 is 46.3 Å². The van der Waals surface area contributed by atoms with Crippen LogP contribution < -0.4 is 5.32 Å². The Morgan fingerprint density at radius 2 is 1.85 bits per heavy atom.